The third kappa shape index (κ3) is 3.17. The van der Waals surface area contributed by atoms with Crippen LogP contribution in [0.1, 0.15) is 53.7 Å². The lowest BCUT2D eigenvalue weighted by Gasteiger charge is -2.37. The first kappa shape index (κ1) is 19.2. The number of benzene rings is 1. The highest BCUT2D eigenvalue weighted by Crippen LogP contribution is 2.44. The van der Waals surface area contributed by atoms with Gasteiger partial charge in [0.25, 0.3) is 11.8 Å². The molecule has 3 aliphatic rings. The van der Waals surface area contributed by atoms with Crippen molar-refractivity contribution in [2.75, 3.05) is 12.1 Å². The Kier molecular flexibility index (Phi) is 4.39. The average Bonchev–Trinajstić information content (AvgIpc) is 3.29. The Bertz CT molecular complexity index is 1010. The molecule has 3 heterocycles. The van der Waals surface area contributed by atoms with E-state index in [1.54, 1.807) is 6.20 Å². The first-order valence-corrected chi connectivity index (χ1v) is 10.5. The van der Waals surface area contributed by atoms with Crippen molar-refractivity contribution in [3.8, 4) is 11.6 Å². The highest BCUT2D eigenvalue weighted by molar-refractivity contribution is 6.00. The highest BCUT2D eigenvalue weighted by Gasteiger charge is 2.48. The number of anilines is 1. The Morgan fingerprint density at radius 1 is 1.33 bits per heavy atom. The van der Waals surface area contributed by atoms with E-state index >= 15 is 0 Å². The number of aliphatic hydroxyl groups is 1. The van der Waals surface area contributed by atoms with E-state index in [1.807, 2.05) is 43.9 Å². The van der Waals surface area contributed by atoms with Gasteiger partial charge in [0, 0.05) is 24.8 Å². The van der Waals surface area contributed by atoms with Gasteiger partial charge in [-0.2, -0.15) is 0 Å². The molecule has 5 rings (SSSR count). The van der Waals surface area contributed by atoms with Gasteiger partial charge in [-0.15, -0.1) is 0 Å². The van der Waals surface area contributed by atoms with Crippen molar-refractivity contribution in [1.29, 1.82) is 0 Å². The Hall–Kier alpha value is -2.80. The Morgan fingerprint density at radius 2 is 2.13 bits per heavy atom. The van der Waals surface area contributed by atoms with Crippen LogP contribution in [0.3, 0.4) is 0 Å². The van der Waals surface area contributed by atoms with E-state index < -0.39 is 5.60 Å². The minimum Gasteiger partial charge on any atom is -0.450 e. The number of nitrogens with one attached hydrogen (secondary N) is 1. The van der Waals surface area contributed by atoms with E-state index in [2.05, 4.69) is 10.3 Å². The SMILES string of the molecule is Cc1cnc2c(c1NCc1cccc3c1C(=O)N([C@@H](C1CC1)C(C)(C)O)C3)OCO2. The predicted molar refractivity (Wildman–Crippen MR) is 112 cm³/mol. The van der Waals surface area contributed by atoms with Crippen LogP contribution in [-0.4, -0.2) is 39.3 Å². The van der Waals surface area contributed by atoms with Gasteiger partial charge >= 0.3 is 0 Å². The molecular formula is C23H27N3O4. The van der Waals surface area contributed by atoms with Crippen molar-refractivity contribution in [2.45, 2.75) is 58.3 Å². The molecule has 1 amide bonds. The fourth-order valence-electron chi connectivity index (χ4n) is 4.80. The second-order valence-electron chi connectivity index (χ2n) is 9.03. The largest absolute Gasteiger partial charge is 0.450 e. The number of nitrogens with zero attached hydrogens (tertiary/aromatic N) is 2. The number of amides is 1. The number of carbonyl (C=O) groups is 1. The molecule has 1 aliphatic carbocycles. The van der Waals surface area contributed by atoms with Gasteiger partial charge in [-0.05, 0) is 56.2 Å². The van der Waals surface area contributed by atoms with Crippen molar-refractivity contribution in [3.05, 3.63) is 46.6 Å². The summed E-state index contributed by atoms with van der Waals surface area (Å²) in [7, 11) is 0. The van der Waals surface area contributed by atoms with Crippen LogP contribution in [0.5, 0.6) is 11.6 Å². The van der Waals surface area contributed by atoms with Crippen molar-refractivity contribution in [1.82, 2.24) is 9.88 Å². The third-order valence-electron chi connectivity index (χ3n) is 6.23. The summed E-state index contributed by atoms with van der Waals surface area (Å²) in [6, 6.07) is 5.83. The first-order chi connectivity index (χ1) is 14.3. The molecule has 1 aromatic carbocycles. The summed E-state index contributed by atoms with van der Waals surface area (Å²) in [4.78, 5) is 19.6. The molecule has 2 N–H and O–H groups in total. The summed E-state index contributed by atoms with van der Waals surface area (Å²) >= 11 is 0. The van der Waals surface area contributed by atoms with Gasteiger partial charge in [0.05, 0.1) is 17.3 Å². The van der Waals surface area contributed by atoms with Crippen LogP contribution < -0.4 is 14.8 Å². The van der Waals surface area contributed by atoms with Crippen LogP contribution in [0.4, 0.5) is 5.69 Å². The number of rotatable bonds is 6. The quantitative estimate of drug-likeness (QED) is 0.762. The molecule has 1 aromatic heterocycles. The number of hydrogen-bond donors (Lipinski definition) is 2. The van der Waals surface area contributed by atoms with E-state index in [9.17, 15) is 9.90 Å². The van der Waals surface area contributed by atoms with Crippen LogP contribution in [0, 0.1) is 12.8 Å². The van der Waals surface area contributed by atoms with Gasteiger partial charge in [-0.1, -0.05) is 18.2 Å². The molecule has 1 atom stereocenters. The molecule has 0 radical (unpaired) electrons. The number of aromatic nitrogens is 1. The monoisotopic (exact) mass is 409 g/mol. The summed E-state index contributed by atoms with van der Waals surface area (Å²) < 4.78 is 11.0. The third-order valence-corrected chi connectivity index (χ3v) is 6.23. The van der Waals surface area contributed by atoms with E-state index in [0.717, 1.165) is 40.8 Å². The van der Waals surface area contributed by atoms with E-state index in [4.69, 9.17) is 9.47 Å². The number of fused-ring (bicyclic) bond motifs is 2. The Balaban J connectivity index is 1.42. The second kappa shape index (κ2) is 6.87. The molecule has 7 heteroatoms. The minimum absolute atomic E-state index is 0.0117. The maximum atomic E-state index is 13.4. The van der Waals surface area contributed by atoms with E-state index in [-0.39, 0.29) is 18.7 Å². The first-order valence-electron chi connectivity index (χ1n) is 10.5. The maximum absolute atomic E-state index is 13.4. The Labute approximate surface area is 176 Å². The number of aryl methyl sites for hydroxylation is 1. The standard InChI is InChI=1S/C23H27N3O4/c1-13-9-25-21-19(29-12-30-21)18(13)24-10-15-5-4-6-16-11-26(22(27)17(15)16)20(14-7-8-14)23(2,3)28/h4-6,9,14,20,28H,7-8,10-12H2,1-3H3,(H,24,25)/t20-/m0/s1. The molecule has 0 saturated heterocycles. The number of carbonyl (C=O) groups excluding carboxylic acids is 1. The zero-order chi connectivity index (χ0) is 21.0. The molecule has 0 bridgehead atoms. The molecular weight excluding hydrogens is 382 g/mol. The van der Waals surface area contributed by atoms with Gasteiger partial charge in [0.2, 0.25) is 12.5 Å². The molecule has 1 fully saturated rings. The molecule has 0 unspecified atom stereocenters. The lowest BCUT2D eigenvalue weighted by Crippen LogP contribution is -2.51. The lowest BCUT2D eigenvalue weighted by atomic mass is 9.93. The zero-order valence-corrected chi connectivity index (χ0v) is 17.6. The van der Waals surface area contributed by atoms with Gasteiger partial charge < -0.3 is 24.8 Å². The highest BCUT2D eigenvalue weighted by atomic mass is 16.7. The normalized spacial score (nSPS) is 18.5. The molecule has 1 saturated carbocycles. The molecule has 7 nitrogen and oxygen atoms in total. The van der Waals surface area contributed by atoms with Crippen molar-refractivity contribution >= 4 is 11.6 Å². The topological polar surface area (TPSA) is 83.9 Å². The summed E-state index contributed by atoms with van der Waals surface area (Å²) in [6.07, 6.45) is 3.89. The van der Waals surface area contributed by atoms with Crippen LogP contribution in [0.25, 0.3) is 0 Å². The summed E-state index contributed by atoms with van der Waals surface area (Å²) in [5.74, 6) is 1.49. The van der Waals surface area contributed by atoms with Crippen molar-refractivity contribution < 1.29 is 19.4 Å². The molecule has 0 spiro atoms. The van der Waals surface area contributed by atoms with Gasteiger partial charge in [0.15, 0.2) is 0 Å². The number of hydrogen-bond acceptors (Lipinski definition) is 6. The van der Waals surface area contributed by atoms with Crippen LogP contribution >= 0.6 is 0 Å². The maximum Gasteiger partial charge on any atom is 0.262 e. The average molecular weight is 409 g/mol. The predicted octanol–water partition coefficient (Wildman–Crippen LogP) is 3.24. The molecule has 2 aliphatic heterocycles. The fourth-order valence-corrected chi connectivity index (χ4v) is 4.80. The molecule has 30 heavy (non-hydrogen) atoms. The fraction of sp³-hybridized carbons (Fsp3) is 0.478. The van der Waals surface area contributed by atoms with Gasteiger partial charge in [-0.3, -0.25) is 4.79 Å². The molecule has 2 aromatic rings. The van der Waals surface area contributed by atoms with Crippen molar-refractivity contribution in [3.63, 3.8) is 0 Å². The summed E-state index contributed by atoms with van der Waals surface area (Å²) in [6.45, 7) is 6.78. The molecule has 158 valence electrons. The number of pyridine rings is 1. The number of ether oxygens (including phenoxy) is 2. The summed E-state index contributed by atoms with van der Waals surface area (Å²) in [5.41, 5.74) is 3.57. The second-order valence-corrected chi connectivity index (χ2v) is 9.03. The zero-order valence-electron chi connectivity index (χ0n) is 17.6. The van der Waals surface area contributed by atoms with Crippen LogP contribution in [0.15, 0.2) is 24.4 Å². The van der Waals surface area contributed by atoms with E-state index in [0.29, 0.717) is 30.6 Å². The lowest BCUT2D eigenvalue weighted by molar-refractivity contribution is -0.0224. The van der Waals surface area contributed by atoms with Crippen LogP contribution in [-0.2, 0) is 13.1 Å². The Morgan fingerprint density at radius 3 is 2.87 bits per heavy atom. The van der Waals surface area contributed by atoms with Crippen molar-refractivity contribution in [2.24, 2.45) is 5.92 Å². The van der Waals surface area contributed by atoms with Crippen LogP contribution in [0.2, 0.25) is 0 Å². The van der Waals surface area contributed by atoms with Gasteiger partial charge in [-0.25, -0.2) is 4.98 Å². The van der Waals surface area contributed by atoms with Gasteiger partial charge in [0.1, 0.15) is 0 Å². The minimum atomic E-state index is -0.927. The summed E-state index contributed by atoms with van der Waals surface area (Å²) in [5, 5.41) is 14.2. The van der Waals surface area contributed by atoms with E-state index in [1.165, 1.54) is 0 Å². The smallest absolute Gasteiger partial charge is 0.262 e.